The second-order valence-corrected chi connectivity index (χ2v) is 2.83. The van der Waals surface area contributed by atoms with Crippen LogP contribution in [0.3, 0.4) is 0 Å². The molecule has 0 bridgehead atoms. The van der Waals surface area contributed by atoms with Crippen LogP contribution < -0.4 is 0 Å². The molecule has 2 amide bonds. The number of nitrogens with zero attached hydrogens (tertiary/aromatic N) is 3. The van der Waals surface area contributed by atoms with Gasteiger partial charge in [-0.25, -0.2) is 0 Å². The van der Waals surface area contributed by atoms with Gasteiger partial charge in [-0.15, -0.1) is 0 Å². The van der Waals surface area contributed by atoms with Gasteiger partial charge in [0.1, 0.15) is 5.69 Å². The number of amides is 2. The van der Waals surface area contributed by atoms with Gasteiger partial charge in [-0.3, -0.25) is 14.5 Å². The average molecular weight is 180 g/mol. The molecular formula is C7H8N4O2. The van der Waals surface area contributed by atoms with Crippen molar-refractivity contribution in [3.8, 4) is 0 Å². The van der Waals surface area contributed by atoms with Crippen molar-refractivity contribution in [2.75, 3.05) is 0 Å². The Morgan fingerprint density at radius 3 is 2.62 bits per heavy atom. The molecule has 68 valence electrons. The number of aromatic nitrogens is 3. The molecule has 0 atom stereocenters. The molecule has 2 heterocycles. The van der Waals surface area contributed by atoms with E-state index in [9.17, 15) is 9.59 Å². The maximum Gasteiger partial charge on any atom is 0.230 e. The smallest absolute Gasteiger partial charge is 0.230 e. The van der Waals surface area contributed by atoms with Gasteiger partial charge in [0.05, 0.1) is 12.7 Å². The van der Waals surface area contributed by atoms with Crippen molar-refractivity contribution in [1.82, 2.24) is 20.3 Å². The third kappa shape index (κ3) is 1.42. The molecule has 1 aliphatic heterocycles. The van der Waals surface area contributed by atoms with E-state index < -0.39 is 0 Å². The van der Waals surface area contributed by atoms with E-state index >= 15 is 0 Å². The second-order valence-electron chi connectivity index (χ2n) is 2.83. The quantitative estimate of drug-likeness (QED) is 0.619. The van der Waals surface area contributed by atoms with Crippen LogP contribution in [-0.2, 0) is 16.1 Å². The van der Waals surface area contributed by atoms with Crippen LogP contribution in [0.4, 0.5) is 0 Å². The molecule has 1 saturated heterocycles. The number of H-pyrrole nitrogens is 1. The van der Waals surface area contributed by atoms with Crippen molar-refractivity contribution in [2.45, 2.75) is 19.4 Å². The number of carbonyl (C=O) groups is 2. The van der Waals surface area contributed by atoms with E-state index in [1.165, 1.54) is 11.1 Å². The third-order valence-corrected chi connectivity index (χ3v) is 1.94. The molecule has 1 aliphatic rings. The van der Waals surface area contributed by atoms with E-state index in [2.05, 4.69) is 15.4 Å². The van der Waals surface area contributed by atoms with Crippen LogP contribution in [0.25, 0.3) is 0 Å². The lowest BCUT2D eigenvalue weighted by Gasteiger charge is -2.10. The number of nitrogens with one attached hydrogen (secondary N) is 1. The van der Waals surface area contributed by atoms with Gasteiger partial charge in [-0.05, 0) is 0 Å². The molecule has 0 radical (unpaired) electrons. The Labute approximate surface area is 73.9 Å². The van der Waals surface area contributed by atoms with Gasteiger partial charge in [0.25, 0.3) is 0 Å². The predicted octanol–water partition coefficient (Wildman–Crippen LogP) is -0.546. The maximum atomic E-state index is 11.2. The van der Waals surface area contributed by atoms with E-state index in [4.69, 9.17) is 0 Å². The summed E-state index contributed by atoms with van der Waals surface area (Å²) in [5.74, 6) is -0.263. The second kappa shape index (κ2) is 2.96. The number of imide groups is 1. The number of aromatic amines is 1. The molecule has 1 N–H and O–H groups in total. The van der Waals surface area contributed by atoms with Crippen molar-refractivity contribution >= 4 is 11.8 Å². The topological polar surface area (TPSA) is 79.0 Å². The minimum atomic E-state index is -0.131. The summed E-state index contributed by atoms with van der Waals surface area (Å²) in [7, 11) is 0. The van der Waals surface area contributed by atoms with Crippen molar-refractivity contribution in [3.63, 3.8) is 0 Å². The summed E-state index contributed by atoms with van der Waals surface area (Å²) in [6, 6.07) is 0. The molecule has 6 heteroatoms. The Kier molecular flexibility index (Phi) is 1.80. The molecule has 1 aromatic heterocycles. The minimum Gasteiger partial charge on any atom is -0.276 e. The highest BCUT2D eigenvalue weighted by Gasteiger charge is 2.29. The Hall–Kier alpha value is -1.72. The first-order valence-electron chi connectivity index (χ1n) is 3.95. The van der Waals surface area contributed by atoms with Crippen LogP contribution >= 0.6 is 0 Å². The molecular weight excluding hydrogens is 172 g/mol. The number of carbonyl (C=O) groups excluding carboxylic acids is 2. The van der Waals surface area contributed by atoms with Crippen LogP contribution in [0.2, 0.25) is 0 Å². The summed E-state index contributed by atoms with van der Waals surface area (Å²) in [4.78, 5) is 23.5. The maximum absolute atomic E-state index is 11.2. The number of likely N-dealkylation sites (tertiary alicyclic amines) is 1. The molecule has 1 fully saturated rings. The summed E-state index contributed by atoms with van der Waals surface area (Å²) < 4.78 is 0. The fraction of sp³-hybridized carbons (Fsp3) is 0.429. The SMILES string of the molecule is O=C1CCC(=O)N1Cc1cn[nH]n1. The molecule has 0 unspecified atom stereocenters. The molecule has 1 aromatic rings. The van der Waals surface area contributed by atoms with Gasteiger partial charge in [0, 0.05) is 12.8 Å². The van der Waals surface area contributed by atoms with Crippen LogP contribution in [-0.4, -0.2) is 32.1 Å². The summed E-state index contributed by atoms with van der Waals surface area (Å²) in [5.41, 5.74) is 0.601. The Balaban J connectivity index is 2.09. The lowest BCUT2D eigenvalue weighted by atomic mass is 10.4. The zero-order valence-corrected chi connectivity index (χ0v) is 6.86. The van der Waals surface area contributed by atoms with Crippen molar-refractivity contribution in [2.24, 2.45) is 0 Å². The highest BCUT2D eigenvalue weighted by molar-refractivity contribution is 6.01. The Bertz CT molecular complexity index is 316. The Morgan fingerprint density at radius 1 is 1.38 bits per heavy atom. The van der Waals surface area contributed by atoms with Crippen molar-refractivity contribution in [3.05, 3.63) is 11.9 Å². The molecule has 0 aliphatic carbocycles. The van der Waals surface area contributed by atoms with E-state index in [0.29, 0.717) is 18.5 Å². The molecule has 0 aromatic carbocycles. The van der Waals surface area contributed by atoms with Gasteiger partial charge in [-0.1, -0.05) is 0 Å². The number of rotatable bonds is 2. The largest absolute Gasteiger partial charge is 0.276 e. The Morgan fingerprint density at radius 2 is 2.08 bits per heavy atom. The predicted molar refractivity (Wildman–Crippen MR) is 41.2 cm³/mol. The van der Waals surface area contributed by atoms with E-state index in [-0.39, 0.29) is 18.4 Å². The fourth-order valence-electron chi connectivity index (χ4n) is 1.26. The average Bonchev–Trinajstić information content (AvgIpc) is 2.70. The first-order chi connectivity index (χ1) is 6.27. The fourth-order valence-corrected chi connectivity index (χ4v) is 1.26. The lowest BCUT2D eigenvalue weighted by Crippen LogP contribution is -2.28. The molecule has 0 spiro atoms. The normalized spacial score (nSPS) is 17.1. The number of hydrogen-bond acceptors (Lipinski definition) is 4. The van der Waals surface area contributed by atoms with Gasteiger partial charge in [-0.2, -0.15) is 15.4 Å². The zero-order chi connectivity index (χ0) is 9.26. The van der Waals surface area contributed by atoms with Crippen LogP contribution in [0.5, 0.6) is 0 Å². The summed E-state index contributed by atoms with van der Waals surface area (Å²) in [6.45, 7) is 0.230. The van der Waals surface area contributed by atoms with Crippen LogP contribution in [0.15, 0.2) is 6.20 Å². The van der Waals surface area contributed by atoms with Crippen LogP contribution in [0, 0.1) is 0 Å². The summed E-state index contributed by atoms with van der Waals surface area (Å²) >= 11 is 0. The lowest BCUT2D eigenvalue weighted by molar-refractivity contribution is -0.139. The van der Waals surface area contributed by atoms with Gasteiger partial charge in [0.2, 0.25) is 11.8 Å². The molecule has 13 heavy (non-hydrogen) atoms. The first kappa shape index (κ1) is 7.90. The van der Waals surface area contributed by atoms with Gasteiger partial charge < -0.3 is 0 Å². The molecule has 6 nitrogen and oxygen atoms in total. The summed E-state index contributed by atoms with van der Waals surface area (Å²) in [6.07, 6.45) is 2.13. The van der Waals surface area contributed by atoms with Gasteiger partial charge >= 0.3 is 0 Å². The van der Waals surface area contributed by atoms with Gasteiger partial charge in [0.15, 0.2) is 0 Å². The summed E-state index contributed by atoms with van der Waals surface area (Å²) in [5, 5.41) is 9.78. The van der Waals surface area contributed by atoms with Crippen molar-refractivity contribution < 1.29 is 9.59 Å². The monoisotopic (exact) mass is 180 g/mol. The van der Waals surface area contributed by atoms with E-state index in [1.807, 2.05) is 0 Å². The van der Waals surface area contributed by atoms with Crippen molar-refractivity contribution in [1.29, 1.82) is 0 Å². The molecule has 0 saturated carbocycles. The standard InChI is InChI=1S/C7H8N4O2/c12-6-1-2-7(13)11(6)4-5-3-8-10-9-5/h3H,1-2,4H2,(H,8,9,10). The highest BCUT2D eigenvalue weighted by atomic mass is 16.2. The van der Waals surface area contributed by atoms with Crippen LogP contribution in [0.1, 0.15) is 18.5 Å². The molecule has 2 rings (SSSR count). The van der Waals surface area contributed by atoms with E-state index in [0.717, 1.165) is 0 Å². The minimum absolute atomic E-state index is 0.131. The third-order valence-electron chi connectivity index (χ3n) is 1.94. The number of hydrogen-bond donors (Lipinski definition) is 1. The van der Waals surface area contributed by atoms with E-state index in [1.54, 1.807) is 0 Å². The highest BCUT2D eigenvalue weighted by Crippen LogP contribution is 2.13. The zero-order valence-electron chi connectivity index (χ0n) is 6.86. The first-order valence-corrected chi connectivity index (χ1v) is 3.95.